The lowest BCUT2D eigenvalue weighted by Crippen LogP contribution is -2.41. The lowest BCUT2D eigenvalue weighted by molar-refractivity contribution is -0.0186. The number of ether oxygens (including phenoxy) is 1. The number of morpholine rings is 1. The SMILES string of the molecule is CC1CN(CCCCC(C)(N)C#N)CCO1. The number of nitrogens with two attached hydrogens (primary N) is 1. The van der Waals surface area contributed by atoms with Crippen LogP contribution in [0.5, 0.6) is 0 Å². The van der Waals surface area contributed by atoms with E-state index in [1.54, 1.807) is 6.92 Å². The summed E-state index contributed by atoms with van der Waals surface area (Å²) in [7, 11) is 0. The Balaban J connectivity index is 2.09. The third-order valence-corrected chi connectivity index (χ3v) is 3.00. The van der Waals surface area contributed by atoms with Crippen molar-refractivity contribution in [3.05, 3.63) is 0 Å². The van der Waals surface area contributed by atoms with Gasteiger partial charge in [-0.3, -0.25) is 4.90 Å². The Morgan fingerprint density at radius 1 is 1.56 bits per heavy atom. The molecule has 4 nitrogen and oxygen atoms in total. The first-order valence-corrected chi connectivity index (χ1v) is 6.07. The summed E-state index contributed by atoms with van der Waals surface area (Å²) >= 11 is 0. The van der Waals surface area contributed by atoms with Crippen LogP contribution in [0.1, 0.15) is 33.1 Å². The molecule has 0 aromatic heterocycles. The van der Waals surface area contributed by atoms with Gasteiger partial charge in [0.2, 0.25) is 0 Å². The summed E-state index contributed by atoms with van der Waals surface area (Å²) in [6.07, 6.45) is 3.27. The summed E-state index contributed by atoms with van der Waals surface area (Å²) in [4.78, 5) is 2.42. The van der Waals surface area contributed by atoms with Crippen LogP contribution >= 0.6 is 0 Å². The fourth-order valence-electron chi connectivity index (χ4n) is 1.98. The summed E-state index contributed by atoms with van der Waals surface area (Å²) < 4.78 is 5.48. The molecular weight excluding hydrogens is 202 g/mol. The minimum Gasteiger partial charge on any atom is -0.376 e. The maximum absolute atomic E-state index is 8.77. The lowest BCUT2D eigenvalue weighted by atomic mass is 9.98. The average Bonchev–Trinajstić information content (AvgIpc) is 2.25. The first kappa shape index (κ1) is 13.4. The third kappa shape index (κ3) is 4.93. The molecule has 0 bridgehead atoms. The molecule has 1 rings (SSSR count). The number of nitrogens with zero attached hydrogens (tertiary/aromatic N) is 2. The lowest BCUT2D eigenvalue weighted by Gasteiger charge is -2.31. The van der Waals surface area contributed by atoms with E-state index in [4.69, 9.17) is 15.7 Å². The highest BCUT2D eigenvalue weighted by Crippen LogP contribution is 2.11. The summed E-state index contributed by atoms with van der Waals surface area (Å²) in [6, 6.07) is 2.13. The number of nitriles is 1. The van der Waals surface area contributed by atoms with Crippen molar-refractivity contribution in [2.45, 2.75) is 44.8 Å². The molecule has 0 amide bonds. The zero-order chi connectivity index (χ0) is 12.0. The largest absolute Gasteiger partial charge is 0.376 e. The molecule has 1 saturated heterocycles. The average molecular weight is 225 g/mol. The molecule has 2 N–H and O–H groups in total. The topological polar surface area (TPSA) is 62.3 Å². The maximum Gasteiger partial charge on any atom is 0.101 e. The predicted octanol–water partition coefficient (Wildman–Crippen LogP) is 1.12. The quantitative estimate of drug-likeness (QED) is 0.712. The van der Waals surface area contributed by atoms with Crippen LogP contribution in [0.3, 0.4) is 0 Å². The van der Waals surface area contributed by atoms with Crippen molar-refractivity contribution in [2.24, 2.45) is 5.73 Å². The minimum atomic E-state index is -0.654. The second-order valence-corrected chi connectivity index (χ2v) is 4.97. The van der Waals surface area contributed by atoms with Crippen molar-refractivity contribution in [1.82, 2.24) is 4.90 Å². The van der Waals surface area contributed by atoms with Crippen LogP contribution in [0.15, 0.2) is 0 Å². The van der Waals surface area contributed by atoms with E-state index in [2.05, 4.69) is 17.9 Å². The number of unbranched alkanes of at least 4 members (excludes halogenated alkanes) is 1. The molecule has 0 spiro atoms. The monoisotopic (exact) mass is 225 g/mol. The van der Waals surface area contributed by atoms with Crippen molar-refractivity contribution < 1.29 is 4.74 Å². The molecule has 2 atom stereocenters. The fourth-order valence-corrected chi connectivity index (χ4v) is 1.98. The molecule has 1 aliphatic heterocycles. The molecular formula is C12H23N3O. The Morgan fingerprint density at radius 2 is 2.31 bits per heavy atom. The Kier molecular flexibility index (Phi) is 5.20. The Morgan fingerprint density at radius 3 is 2.94 bits per heavy atom. The number of hydrogen-bond acceptors (Lipinski definition) is 4. The first-order valence-electron chi connectivity index (χ1n) is 6.07. The van der Waals surface area contributed by atoms with E-state index in [0.29, 0.717) is 6.10 Å². The standard InChI is InChI=1S/C12H23N3O/c1-11-9-15(7-8-16-11)6-4-3-5-12(2,14)10-13/h11H,3-9,14H2,1-2H3. The summed E-state index contributed by atoms with van der Waals surface area (Å²) in [5, 5.41) is 8.77. The van der Waals surface area contributed by atoms with Gasteiger partial charge in [-0.15, -0.1) is 0 Å². The third-order valence-electron chi connectivity index (χ3n) is 3.00. The molecule has 0 saturated carbocycles. The van der Waals surface area contributed by atoms with Crippen LogP contribution in [-0.2, 0) is 4.74 Å². The van der Waals surface area contributed by atoms with Gasteiger partial charge in [-0.2, -0.15) is 5.26 Å². The molecule has 0 radical (unpaired) electrons. The van der Waals surface area contributed by atoms with Gasteiger partial charge in [0.05, 0.1) is 18.8 Å². The van der Waals surface area contributed by atoms with Gasteiger partial charge >= 0.3 is 0 Å². The minimum absolute atomic E-state index is 0.354. The predicted molar refractivity (Wildman–Crippen MR) is 63.9 cm³/mol. The molecule has 92 valence electrons. The van der Waals surface area contributed by atoms with Gasteiger partial charge in [0.15, 0.2) is 0 Å². The Bertz CT molecular complexity index is 247. The molecule has 1 aliphatic rings. The van der Waals surface area contributed by atoms with E-state index in [1.807, 2.05) is 0 Å². The molecule has 2 unspecified atom stereocenters. The second kappa shape index (κ2) is 6.19. The molecule has 4 heteroatoms. The van der Waals surface area contributed by atoms with Crippen LogP contribution in [0, 0.1) is 11.3 Å². The van der Waals surface area contributed by atoms with Crippen molar-refractivity contribution in [1.29, 1.82) is 5.26 Å². The Hall–Kier alpha value is -0.630. The highest BCUT2D eigenvalue weighted by molar-refractivity contribution is 5.00. The smallest absolute Gasteiger partial charge is 0.101 e. The van der Waals surface area contributed by atoms with Gasteiger partial charge in [0, 0.05) is 13.1 Å². The normalized spacial score (nSPS) is 26.0. The van der Waals surface area contributed by atoms with Crippen LogP contribution in [0.4, 0.5) is 0 Å². The van der Waals surface area contributed by atoms with E-state index in [1.165, 1.54) is 0 Å². The fraction of sp³-hybridized carbons (Fsp3) is 0.917. The van der Waals surface area contributed by atoms with Gasteiger partial charge in [0.25, 0.3) is 0 Å². The molecule has 16 heavy (non-hydrogen) atoms. The summed E-state index contributed by atoms with van der Waals surface area (Å²) in [5.74, 6) is 0. The van der Waals surface area contributed by atoms with E-state index in [-0.39, 0.29) is 0 Å². The molecule has 0 aliphatic carbocycles. The van der Waals surface area contributed by atoms with Gasteiger partial charge < -0.3 is 10.5 Å². The maximum atomic E-state index is 8.77. The number of rotatable bonds is 5. The van der Waals surface area contributed by atoms with Crippen molar-refractivity contribution in [2.75, 3.05) is 26.2 Å². The zero-order valence-electron chi connectivity index (χ0n) is 10.4. The molecule has 0 aromatic rings. The second-order valence-electron chi connectivity index (χ2n) is 4.97. The van der Waals surface area contributed by atoms with Crippen LogP contribution < -0.4 is 5.73 Å². The van der Waals surface area contributed by atoms with Crippen LogP contribution in [0.25, 0.3) is 0 Å². The van der Waals surface area contributed by atoms with Crippen LogP contribution in [-0.4, -0.2) is 42.8 Å². The van der Waals surface area contributed by atoms with Crippen molar-refractivity contribution in [3.63, 3.8) is 0 Å². The van der Waals surface area contributed by atoms with Gasteiger partial charge in [0.1, 0.15) is 5.54 Å². The van der Waals surface area contributed by atoms with Crippen LogP contribution in [0.2, 0.25) is 0 Å². The Labute approximate surface area is 98.4 Å². The van der Waals surface area contributed by atoms with Gasteiger partial charge in [-0.05, 0) is 39.7 Å². The van der Waals surface area contributed by atoms with Gasteiger partial charge in [-0.25, -0.2) is 0 Å². The molecule has 1 heterocycles. The van der Waals surface area contributed by atoms with Crippen molar-refractivity contribution in [3.8, 4) is 6.07 Å². The summed E-state index contributed by atoms with van der Waals surface area (Å²) in [5.41, 5.74) is 5.11. The van der Waals surface area contributed by atoms with Gasteiger partial charge in [-0.1, -0.05) is 0 Å². The zero-order valence-corrected chi connectivity index (χ0v) is 10.4. The van der Waals surface area contributed by atoms with E-state index in [9.17, 15) is 0 Å². The van der Waals surface area contributed by atoms with E-state index >= 15 is 0 Å². The van der Waals surface area contributed by atoms with Crippen molar-refractivity contribution >= 4 is 0 Å². The molecule has 1 fully saturated rings. The highest BCUT2D eigenvalue weighted by atomic mass is 16.5. The van der Waals surface area contributed by atoms with E-state index < -0.39 is 5.54 Å². The summed E-state index contributed by atoms with van der Waals surface area (Å²) in [6.45, 7) is 7.90. The first-order chi connectivity index (χ1) is 7.53. The molecule has 0 aromatic carbocycles. The number of hydrogen-bond donors (Lipinski definition) is 1. The highest BCUT2D eigenvalue weighted by Gasteiger charge is 2.18. The van der Waals surface area contributed by atoms with E-state index in [0.717, 1.165) is 45.5 Å².